The monoisotopic (exact) mass is 400 g/mol. The number of nitriles is 1. The Morgan fingerprint density at radius 1 is 1.03 bits per heavy atom. The molecule has 0 saturated carbocycles. The summed E-state index contributed by atoms with van der Waals surface area (Å²) in [6.07, 6.45) is 0. The van der Waals surface area contributed by atoms with Gasteiger partial charge in [-0.15, -0.1) is 0 Å². The molecule has 1 amide bonds. The van der Waals surface area contributed by atoms with Crippen LogP contribution in [-0.4, -0.2) is 16.0 Å². The summed E-state index contributed by atoms with van der Waals surface area (Å²) >= 11 is 5.91. The lowest BCUT2D eigenvalue weighted by Gasteiger charge is -2.08. The quantitative estimate of drug-likeness (QED) is 0.509. The smallest absolute Gasteiger partial charge is 0.259 e. The minimum atomic E-state index is -0.345. The van der Waals surface area contributed by atoms with Crippen molar-refractivity contribution in [2.75, 3.05) is 5.32 Å². The summed E-state index contributed by atoms with van der Waals surface area (Å²) in [6.45, 7) is 0. The zero-order chi connectivity index (χ0) is 20.2. The van der Waals surface area contributed by atoms with Gasteiger partial charge in [-0.1, -0.05) is 35.0 Å². The van der Waals surface area contributed by atoms with Crippen molar-refractivity contribution in [2.45, 2.75) is 0 Å². The summed E-state index contributed by atoms with van der Waals surface area (Å²) in [5.41, 5.74) is 2.62. The highest BCUT2D eigenvalue weighted by Crippen LogP contribution is 2.26. The molecule has 4 aromatic rings. The van der Waals surface area contributed by atoms with E-state index in [1.807, 2.05) is 6.07 Å². The Morgan fingerprint density at radius 2 is 1.83 bits per heavy atom. The van der Waals surface area contributed by atoms with Crippen molar-refractivity contribution in [3.63, 3.8) is 0 Å². The third kappa shape index (κ3) is 4.00. The summed E-state index contributed by atoms with van der Waals surface area (Å²) in [4.78, 5) is 17.2. The SMILES string of the molecule is N#Cc1cccc(NC(=O)c2ccccc2-c2nc(-c3ccc(Cl)cc3)no2)c1. The van der Waals surface area contributed by atoms with Crippen molar-refractivity contribution in [1.82, 2.24) is 10.1 Å². The van der Waals surface area contributed by atoms with E-state index in [4.69, 9.17) is 21.4 Å². The van der Waals surface area contributed by atoms with E-state index in [0.29, 0.717) is 33.2 Å². The number of benzene rings is 3. The Labute approximate surface area is 171 Å². The van der Waals surface area contributed by atoms with Crippen LogP contribution in [0.2, 0.25) is 5.02 Å². The molecule has 6 nitrogen and oxygen atoms in total. The molecule has 0 fully saturated rings. The third-order valence-electron chi connectivity index (χ3n) is 4.18. The first-order chi connectivity index (χ1) is 14.1. The highest BCUT2D eigenvalue weighted by molar-refractivity contribution is 6.30. The Hall–Kier alpha value is -3.95. The van der Waals surface area contributed by atoms with Gasteiger partial charge in [0.15, 0.2) is 0 Å². The molecule has 1 N–H and O–H groups in total. The number of halogens is 1. The van der Waals surface area contributed by atoms with Crippen LogP contribution in [-0.2, 0) is 0 Å². The van der Waals surface area contributed by atoms with Gasteiger partial charge in [-0.25, -0.2) is 0 Å². The summed E-state index contributed by atoms with van der Waals surface area (Å²) in [7, 11) is 0. The number of anilines is 1. The first-order valence-electron chi connectivity index (χ1n) is 8.64. The zero-order valence-electron chi connectivity index (χ0n) is 15.0. The van der Waals surface area contributed by atoms with Gasteiger partial charge in [-0.3, -0.25) is 4.79 Å². The van der Waals surface area contributed by atoms with E-state index in [1.165, 1.54) is 0 Å². The molecule has 0 aliphatic carbocycles. The summed E-state index contributed by atoms with van der Waals surface area (Å²) in [5, 5.41) is 16.4. The molecule has 3 aromatic carbocycles. The molecule has 0 aliphatic rings. The molecular weight excluding hydrogens is 388 g/mol. The van der Waals surface area contributed by atoms with E-state index in [1.54, 1.807) is 72.8 Å². The van der Waals surface area contributed by atoms with Crippen molar-refractivity contribution >= 4 is 23.2 Å². The van der Waals surface area contributed by atoms with E-state index < -0.39 is 0 Å². The highest BCUT2D eigenvalue weighted by Gasteiger charge is 2.18. The number of aromatic nitrogens is 2. The molecule has 29 heavy (non-hydrogen) atoms. The molecule has 0 bridgehead atoms. The third-order valence-corrected chi connectivity index (χ3v) is 4.43. The van der Waals surface area contributed by atoms with Crippen molar-refractivity contribution in [1.29, 1.82) is 5.26 Å². The van der Waals surface area contributed by atoms with Gasteiger partial charge in [-0.05, 0) is 54.6 Å². The minimum Gasteiger partial charge on any atom is -0.334 e. The summed E-state index contributed by atoms with van der Waals surface area (Å²) in [6, 6.07) is 22.7. The number of hydrogen-bond donors (Lipinski definition) is 1. The van der Waals surface area contributed by atoms with E-state index in [-0.39, 0.29) is 11.8 Å². The molecule has 0 radical (unpaired) electrons. The van der Waals surface area contributed by atoms with Crippen LogP contribution < -0.4 is 5.32 Å². The second kappa shape index (κ2) is 7.97. The molecular formula is C22H13ClN4O2. The molecule has 7 heteroatoms. The van der Waals surface area contributed by atoms with E-state index in [0.717, 1.165) is 5.56 Å². The fraction of sp³-hybridized carbons (Fsp3) is 0. The van der Waals surface area contributed by atoms with Crippen LogP contribution in [0.1, 0.15) is 15.9 Å². The topological polar surface area (TPSA) is 91.8 Å². The maximum absolute atomic E-state index is 12.8. The largest absolute Gasteiger partial charge is 0.334 e. The summed E-state index contributed by atoms with van der Waals surface area (Å²) < 4.78 is 5.40. The van der Waals surface area contributed by atoms with Gasteiger partial charge < -0.3 is 9.84 Å². The van der Waals surface area contributed by atoms with Gasteiger partial charge >= 0.3 is 0 Å². The van der Waals surface area contributed by atoms with Crippen LogP contribution >= 0.6 is 11.6 Å². The van der Waals surface area contributed by atoms with Gasteiger partial charge in [0.05, 0.1) is 22.8 Å². The maximum atomic E-state index is 12.8. The number of carbonyl (C=O) groups is 1. The highest BCUT2D eigenvalue weighted by atomic mass is 35.5. The molecule has 0 aliphatic heterocycles. The molecule has 0 saturated heterocycles. The Bertz CT molecular complexity index is 1230. The van der Waals surface area contributed by atoms with Gasteiger partial charge in [-0.2, -0.15) is 10.2 Å². The van der Waals surface area contributed by atoms with Crippen molar-refractivity contribution < 1.29 is 9.32 Å². The van der Waals surface area contributed by atoms with Gasteiger partial charge in [0.2, 0.25) is 5.82 Å². The van der Waals surface area contributed by atoms with Gasteiger partial charge in [0, 0.05) is 16.3 Å². The van der Waals surface area contributed by atoms with Crippen LogP contribution in [0.3, 0.4) is 0 Å². The predicted molar refractivity (Wildman–Crippen MR) is 109 cm³/mol. The van der Waals surface area contributed by atoms with E-state index >= 15 is 0 Å². The van der Waals surface area contributed by atoms with Crippen LogP contribution in [0, 0.1) is 11.3 Å². The number of amides is 1. The Balaban J connectivity index is 1.64. The second-order valence-corrected chi connectivity index (χ2v) is 6.56. The molecule has 0 spiro atoms. The minimum absolute atomic E-state index is 0.228. The molecule has 0 atom stereocenters. The fourth-order valence-electron chi connectivity index (χ4n) is 2.78. The Kier molecular flexibility index (Phi) is 5.06. The Morgan fingerprint density at radius 3 is 2.62 bits per heavy atom. The average Bonchev–Trinajstić information content (AvgIpc) is 3.24. The molecule has 4 rings (SSSR count). The van der Waals surface area contributed by atoms with Crippen LogP contribution in [0.15, 0.2) is 77.3 Å². The molecule has 1 heterocycles. The second-order valence-electron chi connectivity index (χ2n) is 6.12. The first kappa shape index (κ1) is 18.4. The molecule has 0 unspecified atom stereocenters. The standard InChI is InChI=1S/C22H13ClN4O2/c23-16-10-8-15(9-11-16)20-26-22(29-27-20)19-7-2-1-6-18(19)21(28)25-17-5-3-4-14(12-17)13-24/h1-12H,(H,25,28). The van der Waals surface area contributed by atoms with Crippen molar-refractivity contribution in [2.24, 2.45) is 0 Å². The summed E-state index contributed by atoms with van der Waals surface area (Å²) in [5.74, 6) is 0.280. The zero-order valence-corrected chi connectivity index (χ0v) is 15.7. The molecule has 1 aromatic heterocycles. The lowest BCUT2D eigenvalue weighted by molar-refractivity contribution is 0.102. The number of rotatable bonds is 4. The lowest BCUT2D eigenvalue weighted by Crippen LogP contribution is -2.13. The predicted octanol–water partition coefficient (Wildman–Crippen LogP) is 5.18. The molecule has 140 valence electrons. The number of carbonyl (C=O) groups excluding carboxylic acids is 1. The average molecular weight is 401 g/mol. The number of nitrogens with zero attached hydrogens (tertiary/aromatic N) is 3. The normalized spacial score (nSPS) is 10.3. The van der Waals surface area contributed by atoms with Crippen molar-refractivity contribution in [3.05, 3.63) is 88.9 Å². The van der Waals surface area contributed by atoms with Crippen LogP contribution in [0.4, 0.5) is 5.69 Å². The first-order valence-corrected chi connectivity index (χ1v) is 9.02. The van der Waals surface area contributed by atoms with Crippen LogP contribution in [0.5, 0.6) is 0 Å². The van der Waals surface area contributed by atoms with E-state index in [2.05, 4.69) is 15.5 Å². The van der Waals surface area contributed by atoms with Gasteiger partial charge in [0.25, 0.3) is 11.8 Å². The van der Waals surface area contributed by atoms with Crippen molar-refractivity contribution in [3.8, 4) is 28.9 Å². The number of nitrogens with one attached hydrogen (secondary N) is 1. The van der Waals surface area contributed by atoms with E-state index in [9.17, 15) is 4.79 Å². The fourth-order valence-corrected chi connectivity index (χ4v) is 2.91. The lowest BCUT2D eigenvalue weighted by atomic mass is 10.1. The van der Waals surface area contributed by atoms with Crippen LogP contribution in [0.25, 0.3) is 22.8 Å². The van der Waals surface area contributed by atoms with Gasteiger partial charge in [0.1, 0.15) is 0 Å². The maximum Gasteiger partial charge on any atom is 0.259 e. The number of hydrogen-bond acceptors (Lipinski definition) is 5.